The lowest BCUT2D eigenvalue weighted by Gasteiger charge is -2.25. The van der Waals surface area contributed by atoms with Crippen LogP contribution < -0.4 is 14.8 Å². The average Bonchev–Trinajstić information content (AvgIpc) is 2.96. The van der Waals surface area contributed by atoms with Gasteiger partial charge in [-0.25, -0.2) is 4.79 Å². The van der Waals surface area contributed by atoms with E-state index in [2.05, 4.69) is 5.32 Å². The number of hydrogen-bond acceptors (Lipinski definition) is 4. The van der Waals surface area contributed by atoms with Crippen molar-refractivity contribution in [2.75, 3.05) is 13.2 Å². The van der Waals surface area contributed by atoms with Gasteiger partial charge in [-0.15, -0.1) is 0 Å². The first-order valence-corrected chi connectivity index (χ1v) is 7.46. The summed E-state index contributed by atoms with van der Waals surface area (Å²) in [5.41, 5.74) is -1.14. The minimum absolute atomic E-state index is 0.237. The first-order valence-electron chi connectivity index (χ1n) is 7.46. The van der Waals surface area contributed by atoms with Gasteiger partial charge in [0.1, 0.15) is 5.54 Å². The van der Waals surface area contributed by atoms with Crippen LogP contribution >= 0.6 is 0 Å². The second kappa shape index (κ2) is 7.15. The number of para-hydroxylation sites is 2. The molecular formula is C16H21NO5. The fourth-order valence-corrected chi connectivity index (χ4v) is 2.66. The van der Waals surface area contributed by atoms with E-state index in [4.69, 9.17) is 9.47 Å². The highest BCUT2D eigenvalue weighted by Gasteiger charge is 2.42. The van der Waals surface area contributed by atoms with Crippen LogP contribution in [0.1, 0.15) is 32.6 Å². The van der Waals surface area contributed by atoms with E-state index in [9.17, 15) is 14.7 Å². The predicted octanol–water partition coefficient (Wildman–Crippen LogP) is 1.98. The summed E-state index contributed by atoms with van der Waals surface area (Å²) >= 11 is 0. The van der Waals surface area contributed by atoms with Gasteiger partial charge in [0.25, 0.3) is 5.91 Å². The zero-order valence-corrected chi connectivity index (χ0v) is 12.6. The predicted molar refractivity (Wildman–Crippen MR) is 80.1 cm³/mol. The smallest absolute Gasteiger partial charge is 0.329 e. The van der Waals surface area contributed by atoms with E-state index in [0.29, 0.717) is 30.9 Å². The largest absolute Gasteiger partial charge is 0.490 e. The molecule has 0 bridgehead atoms. The van der Waals surface area contributed by atoms with Crippen LogP contribution in [0.3, 0.4) is 0 Å². The van der Waals surface area contributed by atoms with Crippen molar-refractivity contribution >= 4 is 11.9 Å². The van der Waals surface area contributed by atoms with Crippen LogP contribution in [0.5, 0.6) is 11.5 Å². The van der Waals surface area contributed by atoms with Gasteiger partial charge < -0.3 is 19.9 Å². The molecule has 0 radical (unpaired) electrons. The zero-order valence-electron chi connectivity index (χ0n) is 12.6. The molecule has 1 aromatic carbocycles. The molecule has 1 aliphatic rings. The Balaban J connectivity index is 1.94. The van der Waals surface area contributed by atoms with Crippen molar-refractivity contribution in [2.24, 2.45) is 0 Å². The molecule has 0 heterocycles. The van der Waals surface area contributed by atoms with Gasteiger partial charge in [0.2, 0.25) is 0 Å². The zero-order chi connectivity index (χ0) is 16.0. The number of amides is 1. The van der Waals surface area contributed by atoms with Crippen molar-refractivity contribution < 1.29 is 24.2 Å². The van der Waals surface area contributed by atoms with Crippen LogP contribution in [0, 0.1) is 0 Å². The number of carboxylic acids is 1. The number of ether oxygens (including phenoxy) is 2. The third kappa shape index (κ3) is 3.69. The number of carboxylic acid groups (broad SMARTS) is 1. The quantitative estimate of drug-likeness (QED) is 0.804. The SMILES string of the molecule is CCOc1ccccc1OCC(=O)NC1(C(=O)O)CCCC1. The summed E-state index contributed by atoms with van der Waals surface area (Å²) in [6, 6.07) is 7.06. The first kappa shape index (κ1) is 16.1. The molecule has 120 valence electrons. The number of nitrogens with one attached hydrogen (secondary N) is 1. The van der Waals surface area contributed by atoms with Gasteiger partial charge in [0.05, 0.1) is 6.61 Å². The molecule has 6 nitrogen and oxygen atoms in total. The molecule has 0 saturated heterocycles. The molecule has 1 amide bonds. The van der Waals surface area contributed by atoms with Gasteiger partial charge >= 0.3 is 5.97 Å². The Morgan fingerprint density at radius 2 is 1.77 bits per heavy atom. The summed E-state index contributed by atoms with van der Waals surface area (Å²) in [7, 11) is 0. The second-order valence-corrected chi connectivity index (χ2v) is 5.31. The molecule has 6 heteroatoms. The van der Waals surface area contributed by atoms with Crippen molar-refractivity contribution in [3.63, 3.8) is 0 Å². The maximum atomic E-state index is 12.0. The Kier molecular flexibility index (Phi) is 5.25. The number of aliphatic carboxylic acids is 1. The Hall–Kier alpha value is -2.24. The van der Waals surface area contributed by atoms with Crippen molar-refractivity contribution in [1.29, 1.82) is 0 Å². The van der Waals surface area contributed by atoms with Gasteiger partial charge in [-0.2, -0.15) is 0 Å². The summed E-state index contributed by atoms with van der Waals surface area (Å²) in [6.45, 7) is 2.12. The topological polar surface area (TPSA) is 84.9 Å². The third-order valence-corrected chi connectivity index (χ3v) is 3.75. The molecule has 1 aliphatic carbocycles. The van der Waals surface area contributed by atoms with Crippen molar-refractivity contribution in [1.82, 2.24) is 5.32 Å². The van der Waals surface area contributed by atoms with Crippen LogP contribution in [0.25, 0.3) is 0 Å². The number of rotatable bonds is 7. The highest BCUT2D eigenvalue weighted by Crippen LogP contribution is 2.30. The molecular weight excluding hydrogens is 286 g/mol. The Bertz CT molecular complexity index is 537. The summed E-state index contributed by atoms with van der Waals surface area (Å²) in [6.07, 6.45) is 2.54. The van der Waals surface area contributed by atoms with E-state index in [0.717, 1.165) is 12.8 Å². The highest BCUT2D eigenvalue weighted by atomic mass is 16.5. The van der Waals surface area contributed by atoms with E-state index in [1.807, 2.05) is 13.0 Å². The van der Waals surface area contributed by atoms with Gasteiger partial charge in [-0.3, -0.25) is 4.79 Å². The van der Waals surface area contributed by atoms with E-state index in [-0.39, 0.29) is 6.61 Å². The number of carbonyl (C=O) groups is 2. The van der Waals surface area contributed by atoms with Gasteiger partial charge in [0, 0.05) is 0 Å². The Labute approximate surface area is 129 Å². The molecule has 22 heavy (non-hydrogen) atoms. The minimum Gasteiger partial charge on any atom is -0.490 e. The average molecular weight is 307 g/mol. The standard InChI is InChI=1S/C16H21NO5/c1-2-21-12-7-3-4-8-13(12)22-11-14(18)17-16(15(19)20)9-5-6-10-16/h3-4,7-8H,2,5-6,9-11H2,1H3,(H,17,18)(H,19,20). The maximum Gasteiger partial charge on any atom is 0.329 e. The molecule has 0 unspecified atom stereocenters. The van der Waals surface area contributed by atoms with Crippen molar-refractivity contribution in [2.45, 2.75) is 38.1 Å². The molecule has 1 saturated carbocycles. The minimum atomic E-state index is -1.14. The summed E-state index contributed by atoms with van der Waals surface area (Å²) in [5.74, 6) is -0.384. The second-order valence-electron chi connectivity index (χ2n) is 5.31. The summed E-state index contributed by atoms with van der Waals surface area (Å²) in [4.78, 5) is 23.4. The number of benzene rings is 1. The van der Waals surface area contributed by atoms with Crippen LogP contribution in [-0.2, 0) is 9.59 Å². The Morgan fingerprint density at radius 3 is 2.32 bits per heavy atom. The lowest BCUT2D eigenvalue weighted by molar-refractivity contribution is -0.147. The van der Waals surface area contributed by atoms with Crippen LogP contribution in [0.2, 0.25) is 0 Å². The van der Waals surface area contributed by atoms with E-state index in [1.165, 1.54) is 0 Å². The molecule has 1 fully saturated rings. The van der Waals surface area contributed by atoms with E-state index >= 15 is 0 Å². The van der Waals surface area contributed by atoms with E-state index in [1.54, 1.807) is 18.2 Å². The lowest BCUT2D eigenvalue weighted by Crippen LogP contribution is -2.53. The fraction of sp³-hybridized carbons (Fsp3) is 0.500. The number of carbonyl (C=O) groups excluding carboxylic acids is 1. The summed E-state index contributed by atoms with van der Waals surface area (Å²) in [5, 5.41) is 11.9. The van der Waals surface area contributed by atoms with Crippen LogP contribution in [-0.4, -0.2) is 35.7 Å². The monoisotopic (exact) mass is 307 g/mol. The maximum absolute atomic E-state index is 12.0. The first-order chi connectivity index (χ1) is 10.6. The van der Waals surface area contributed by atoms with E-state index < -0.39 is 17.4 Å². The fourth-order valence-electron chi connectivity index (χ4n) is 2.66. The van der Waals surface area contributed by atoms with Crippen LogP contribution in [0.15, 0.2) is 24.3 Å². The molecule has 1 aromatic rings. The van der Waals surface area contributed by atoms with Gasteiger partial charge in [0.15, 0.2) is 18.1 Å². The molecule has 0 spiro atoms. The molecule has 0 aromatic heterocycles. The van der Waals surface area contributed by atoms with Gasteiger partial charge in [-0.05, 0) is 31.9 Å². The number of hydrogen-bond donors (Lipinski definition) is 2. The Morgan fingerprint density at radius 1 is 1.18 bits per heavy atom. The molecule has 0 atom stereocenters. The normalized spacial score (nSPS) is 16.0. The molecule has 0 aliphatic heterocycles. The third-order valence-electron chi connectivity index (χ3n) is 3.75. The van der Waals surface area contributed by atoms with Crippen LogP contribution in [0.4, 0.5) is 0 Å². The van der Waals surface area contributed by atoms with Crippen molar-refractivity contribution in [3.8, 4) is 11.5 Å². The molecule has 2 N–H and O–H groups in total. The highest BCUT2D eigenvalue weighted by molar-refractivity contribution is 5.88. The van der Waals surface area contributed by atoms with Crippen molar-refractivity contribution in [3.05, 3.63) is 24.3 Å². The van der Waals surface area contributed by atoms with Gasteiger partial charge in [-0.1, -0.05) is 25.0 Å². The molecule has 2 rings (SSSR count). The lowest BCUT2D eigenvalue weighted by atomic mass is 9.98. The summed E-state index contributed by atoms with van der Waals surface area (Å²) < 4.78 is 10.9.